The standard InChI is InChI=1S/C12H14O.C2H6/c1-8-6-10-4-3-5-12(13)11(10)7-9(8)2;1-2/h6-7H,3-5H2,1-2H3;1-2H3. The molecule has 0 unspecified atom stereocenters. The summed E-state index contributed by atoms with van der Waals surface area (Å²) in [4.78, 5) is 11.5. The minimum absolute atomic E-state index is 0.323. The molecule has 0 fully saturated rings. The molecule has 1 heteroatoms. The topological polar surface area (TPSA) is 17.1 Å². The molecule has 0 radical (unpaired) electrons. The molecule has 0 saturated carbocycles. The highest BCUT2D eigenvalue weighted by Gasteiger charge is 2.17. The third kappa shape index (κ3) is 2.47. The van der Waals surface area contributed by atoms with Crippen molar-refractivity contribution >= 4 is 5.78 Å². The highest BCUT2D eigenvalue weighted by Crippen LogP contribution is 2.24. The van der Waals surface area contributed by atoms with E-state index in [1.165, 1.54) is 16.7 Å². The average molecular weight is 204 g/mol. The maximum atomic E-state index is 11.5. The van der Waals surface area contributed by atoms with E-state index in [-0.39, 0.29) is 0 Å². The van der Waals surface area contributed by atoms with E-state index in [4.69, 9.17) is 0 Å². The van der Waals surface area contributed by atoms with Gasteiger partial charge >= 0.3 is 0 Å². The van der Waals surface area contributed by atoms with Gasteiger partial charge in [-0.25, -0.2) is 0 Å². The molecule has 0 spiro atoms. The number of benzene rings is 1. The van der Waals surface area contributed by atoms with Gasteiger partial charge in [-0.1, -0.05) is 19.9 Å². The Hall–Kier alpha value is -1.11. The van der Waals surface area contributed by atoms with Crippen molar-refractivity contribution in [1.29, 1.82) is 0 Å². The fraction of sp³-hybridized carbons (Fsp3) is 0.500. The lowest BCUT2D eigenvalue weighted by Gasteiger charge is -2.16. The SMILES string of the molecule is CC.Cc1cc2c(cc1C)C(=O)CCC2. The third-order valence-electron chi connectivity index (χ3n) is 2.87. The van der Waals surface area contributed by atoms with Crippen LogP contribution in [0.15, 0.2) is 12.1 Å². The summed E-state index contributed by atoms with van der Waals surface area (Å²) in [6.45, 7) is 8.17. The van der Waals surface area contributed by atoms with Crippen LogP contribution in [0.1, 0.15) is 53.7 Å². The Morgan fingerprint density at radius 3 is 2.27 bits per heavy atom. The Labute approximate surface area is 92.5 Å². The van der Waals surface area contributed by atoms with Gasteiger partial charge in [0.05, 0.1) is 0 Å². The molecule has 1 aliphatic carbocycles. The smallest absolute Gasteiger partial charge is 0.163 e. The molecule has 1 aromatic carbocycles. The van der Waals surface area contributed by atoms with E-state index in [1.807, 2.05) is 19.9 Å². The summed E-state index contributed by atoms with van der Waals surface area (Å²) in [5, 5.41) is 0. The van der Waals surface area contributed by atoms with Crippen LogP contribution in [0, 0.1) is 13.8 Å². The van der Waals surface area contributed by atoms with Crippen LogP contribution in [0.3, 0.4) is 0 Å². The van der Waals surface area contributed by atoms with Crippen molar-refractivity contribution in [2.75, 3.05) is 0 Å². The van der Waals surface area contributed by atoms with Crippen LogP contribution >= 0.6 is 0 Å². The fourth-order valence-electron chi connectivity index (χ4n) is 1.92. The number of ketones is 1. The molecule has 0 bridgehead atoms. The third-order valence-corrected chi connectivity index (χ3v) is 2.87. The zero-order valence-electron chi connectivity index (χ0n) is 10.2. The second kappa shape index (κ2) is 5.11. The zero-order chi connectivity index (χ0) is 11.4. The summed E-state index contributed by atoms with van der Waals surface area (Å²) in [6.07, 6.45) is 2.83. The van der Waals surface area contributed by atoms with Crippen molar-refractivity contribution in [1.82, 2.24) is 0 Å². The molecule has 0 amide bonds. The van der Waals surface area contributed by atoms with Crippen LogP contribution in [-0.4, -0.2) is 5.78 Å². The molecule has 0 aliphatic heterocycles. The van der Waals surface area contributed by atoms with Gasteiger partial charge in [0.1, 0.15) is 0 Å². The van der Waals surface area contributed by atoms with Crippen molar-refractivity contribution < 1.29 is 4.79 Å². The number of carbonyl (C=O) groups is 1. The molecular weight excluding hydrogens is 184 g/mol. The average Bonchev–Trinajstić information content (AvgIpc) is 2.24. The second-order valence-electron chi connectivity index (χ2n) is 3.87. The molecule has 0 aromatic heterocycles. The summed E-state index contributed by atoms with van der Waals surface area (Å²) < 4.78 is 0. The molecule has 0 heterocycles. The van der Waals surface area contributed by atoms with E-state index in [9.17, 15) is 4.79 Å². The zero-order valence-corrected chi connectivity index (χ0v) is 10.2. The highest BCUT2D eigenvalue weighted by atomic mass is 16.1. The van der Waals surface area contributed by atoms with Gasteiger partial charge < -0.3 is 0 Å². The predicted octanol–water partition coefficient (Wildman–Crippen LogP) is 3.85. The lowest BCUT2D eigenvalue weighted by Crippen LogP contribution is -2.11. The highest BCUT2D eigenvalue weighted by molar-refractivity contribution is 5.98. The molecule has 15 heavy (non-hydrogen) atoms. The van der Waals surface area contributed by atoms with Crippen molar-refractivity contribution in [3.05, 3.63) is 34.4 Å². The number of aryl methyl sites for hydroxylation is 3. The van der Waals surface area contributed by atoms with Crippen LogP contribution in [0.4, 0.5) is 0 Å². The number of fused-ring (bicyclic) bond motifs is 1. The molecule has 1 aromatic rings. The molecule has 0 N–H and O–H groups in total. The lowest BCUT2D eigenvalue weighted by molar-refractivity contribution is 0.0972. The molecular formula is C14H20O. The van der Waals surface area contributed by atoms with Gasteiger partial charge in [-0.15, -0.1) is 0 Å². The Balaban J connectivity index is 0.000000531. The van der Waals surface area contributed by atoms with Gasteiger partial charge in [-0.3, -0.25) is 4.79 Å². The van der Waals surface area contributed by atoms with Gasteiger partial charge in [0.25, 0.3) is 0 Å². The van der Waals surface area contributed by atoms with E-state index in [0.717, 1.165) is 24.8 Å². The molecule has 1 nitrogen and oxygen atoms in total. The summed E-state index contributed by atoms with van der Waals surface area (Å²) in [5.41, 5.74) is 4.75. The maximum Gasteiger partial charge on any atom is 0.163 e. The van der Waals surface area contributed by atoms with Crippen molar-refractivity contribution in [2.45, 2.75) is 47.0 Å². The van der Waals surface area contributed by atoms with Gasteiger partial charge in [0, 0.05) is 12.0 Å². The first kappa shape index (κ1) is 12.0. The number of hydrogen-bond donors (Lipinski definition) is 0. The van der Waals surface area contributed by atoms with Crippen molar-refractivity contribution in [3.63, 3.8) is 0 Å². The summed E-state index contributed by atoms with van der Waals surface area (Å²) in [6, 6.07) is 4.22. The normalized spacial score (nSPS) is 14.0. The molecule has 2 rings (SSSR count). The Kier molecular flexibility index (Phi) is 4.07. The Morgan fingerprint density at radius 2 is 1.60 bits per heavy atom. The summed E-state index contributed by atoms with van der Waals surface area (Å²) in [7, 11) is 0. The number of Topliss-reactive ketones (excluding diaryl/α,β-unsaturated/α-hetero) is 1. The van der Waals surface area contributed by atoms with E-state index in [2.05, 4.69) is 19.9 Å². The van der Waals surface area contributed by atoms with E-state index in [0.29, 0.717) is 5.78 Å². The quantitative estimate of drug-likeness (QED) is 0.627. The van der Waals surface area contributed by atoms with E-state index >= 15 is 0 Å². The minimum Gasteiger partial charge on any atom is -0.294 e. The summed E-state index contributed by atoms with van der Waals surface area (Å²) in [5.74, 6) is 0.323. The predicted molar refractivity (Wildman–Crippen MR) is 64.5 cm³/mol. The van der Waals surface area contributed by atoms with Gasteiger partial charge in [0.15, 0.2) is 5.78 Å². The van der Waals surface area contributed by atoms with Crippen LogP contribution in [0.5, 0.6) is 0 Å². The molecule has 0 atom stereocenters. The van der Waals surface area contributed by atoms with Crippen LogP contribution in [0.2, 0.25) is 0 Å². The van der Waals surface area contributed by atoms with Crippen molar-refractivity contribution in [2.24, 2.45) is 0 Å². The van der Waals surface area contributed by atoms with Gasteiger partial charge in [-0.2, -0.15) is 0 Å². The lowest BCUT2D eigenvalue weighted by atomic mass is 9.88. The molecule has 0 saturated heterocycles. The van der Waals surface area contributed by atoms with Crippen LogP contribution in [-0.2, 0) is 6.42 Å². The van der Waals surface area contributed by atoms with Crippen LogP contribution < -0.4 is 0 Å². The largest absolute Gasteiger partial charge is 0.294 e. The number of hydrogen-bond acceptors (Lipinski definition) is 1. The molecule has 82 valence electrons. The monoisotopic (exact) mass is 204 g/mol. The first-order valence-electron chi connectivity index (χ1n) is 5.82. The first-order chi connectivity index (χ1) is 7.18. The van der Waals surface area contributed by atoms with Crippen molar-refractivity contribution in [3.8, 4) is 0 Å². The van der Waals surface area contributed by atoms with Gasteiger partial charge in [0.2, 0.25) is 0 Å². The first-order valence-corrected chi connectivity index (χ1v) is 5.82. The number of rotatable bonds is 0. The molecule has 1 aliphatic rings. The van der Waals surface area contributed by atoms with E-state index in [1.54, 1.807) is 0 Å². The Bertz CT molecular complexity index is 364. The minimum atomic E-state index is 0.323. The van der Waals surface area contributed by atoms with E-state index < -0.39 is 0 Å². The summed E-state index contributed by atoms with van der Waals surface area (Å²) >= 11 is 0. The number of carbonyl (C=O) groups excluding carboxylic acids is 1. The maximum absolute atomic E-state index is 11.5. The van der Waals surface area contributed by atoms with Gasteiger partial charge in [-0.05, 0) is 49.4 Å². The fourth-order valence-corrected chi connectivity index (χ4v) is 1.92. The van der Waals surface area contributed by atoms with Crippen LogP contribution in [0.25, 0.3) is 0 Å². The second-order valence-corrected chi connectivity index (χ2v) is 3.87. The Morgan fingerprint density at radius 1 is 1.00 bits per heavy atom.